The van der Waals surface area contributed by atoms with Crippen molar-refractivity contribution >= 4 is 5.97 Å². The highest BCUT2D eigenvalue weighted by Crippen LogP contribution is 2.27. The van der Waals surface area contributed by atoms with Gasteiger partial charge in [-0.1, -0.05) is 12.8 Å². The van der Waals surface area contributed by atoms with E-state index in [9.17, 15) is 4.79 Å². The first-order valence-corrected chi connectivity index (χ1v) is 6.57. The van der Waals surface area contributed by atoms with Crippen molar-refractivity contribution in [3.63, 3.8) is 0 Å². The predicted molar refractivity (Wildman–Crippen MR) is 69.2 cm³/mol. The third-order valence-corrected chi connectivity index (χ3v) is 3.76. The largest absolute Gasteiger partial charge is 0.480 e. The molecule has 100 valence electrons. The van der Waals surface area contributed by atoms with Gasteiger partial charge in [0.2, 0.25) is 0 Å². The summed E-state index contributed by atoms with van der Waals surface area (Å²) in [5, 5.41) is 9.03. The number of carboxylic acid groups (broad SMARTS) is 1. The van der Waals surface area contributed by atoms with E-state index >= 15 is 0 Å². The topological polar surface area (TPSA) is 43.8 Å². The van der Waals surface area contributed by atoms with Crippen molar-refractivity contribution in [1.29, 1.82) is 0 Å². The summed E-state index contributed by atoms with van der Waals surface area (Å²) in [5.41, 5.74) is 0. The Morgan fingerprint density at radius 1 is 1.24 bits per heavy atom. The molecule has 1 saturated carbocycles. The molecule has 0 bridgehead atoms. The maximum atomic E-state index is 11.0. The number of carboxylic acids is 1. The SMILES string of the molecule is CC(C)N(CC(=O)O)[C@@H]1CCCC[C@H]1N(C)C. The molecule has 0 saturated heterocycles. The Labute approximate surface area is 105 Å². The van der Waals surface area contributed by atoms with Gasteiger partial charge in [0, 0.05) is 18.1 Å². The minimum Gasteiger partial charge on any atom is -0.480 e. The van der Waals surface area contributed by atoms with E-state index in [0.717, 1.165) is 6.42 Å². The molecule has 0 aromatic rings. The van der Waals surface area contributed by atoms with Crippen LogP contribution in [0.2, 0.25) is 0 Å². The van der Waals surface area contributed by atoms with Crippen LogP contribution in [0, 0.1) is 0 Å². The van der Waals surface area contributed by atoms with E-state index in [4.69, 9.17) is 5.11 Å². The molecule has 0 unspecified atom stereocenters. The fourth-order valence-electron chi connectivity index (χ4n) is 2.92. The first kappa shape index (κ1) is 14.5. The zero-order valence-corrected chi connectivity index (χ0v) is 11.5. The van der Waals surface area contributed by atoms with E-state index in [1.165, 1.54) is 19.3 Å². The molecule has 1 fully saturated rings. The van der Waals surface area contributed by atoms with Gasteiger partial charge in [0.05, 0.1) is 6.54 Å². The molecule has 0 heterocycles. The molecular weight excluding hydrogens is 216 g/mol. The molecule has 4 heteroatoms. The maximum Gasteiger partial charge on any atom is 0.317 e. The first-order valence-electron chi connectivity index (χ1n) is 6.57. The zero-order valence-electron chi connectivity index (χ0n) is 11.5. The minimum atomic E-state index is -0.721. The van der Waals surface area contributed by atoms with Gasteiger partial charge >= 0.3 is 5.97 Å². The molecule has 0 radical (unpaired) electrons. The number of aliphatic carboxylic acids is 1. The van der Waals surface area contributed by atoms with Gasteiger partial charge in [-0.05, 0) is 40.8 Å². The van der Waals surface area contributed by atoms with Gasteiger partial charge in [0.1, 0.15) is 0 Å². The fraction of sp³-hybridized carbons (Fsp3) is 0.923. The Morgan fingerprint density at radius 2 is 1.76 bits per heavy atom. The van der Waals surface area contributed by atoms with Crippen molar-refractivity contribution in [1.82, 2.24) is 9.80 Å². The van der Waals surface area contributed by atoms with Crippen LogP contribution in [-0.4, -0.2) is 59.6 Å². The monoisotopic (exact) mass is 242 g/mol. The molecule has 1 N–H and O–H groups in total. The number of hydrogen-bond donors (Lipinski definition) is 1. The van der Waals surface area contributed by atoms with Crippen molar-refractivity contribution in [3.05, 3.63) is 0 Å². The first-order chi connectivity index (χ1) is 7.93. The second-order valence-electron chi connectivity index (χ2n) is 5.54. The Kier molecular flexibility index (Phi) is 5.40. The number of hydrogen-bond acceptors (Lipinski definition) is 3. The maximum absolute atomic E-state index is 11.0. The van der Waals surface area contributed by atoms with Crippen LogP contribution < -0.4 is 0 Å². The molecular formula is C13H26N2O2. The highest BCUT2D eigenvalue weighted by Gasteiger charge is 2.33. The number of nitrogens with zero attached hydrogens (tertiary/aromatic N) is 2. The fourth-order valence-corrected chi connectivity index (χ4v) is 2.92. The van der Waals surface area contributed by atoms with Gasteiger partial charge < -0.3 is 10.0 Å². The third kappa shape index (κ3) is 3.96. The summed E-state index contributed by atoms with van der Waals surface area (Å²) in [7, 11) is 4.20. The average Bonchev–Trinajstić information content (AvgIpc) is 2.25. The molecule has 0 aromatic carbocycles. The van der Waals surface area contributed by atoms with Gasteiger partial charge in [0.15, 0.2) is 0 Å². The van der Waals surface area contributed by atoms with Crippen molar-refractivity contribution in [3.8, 4) is 0 Å². The molecule has 0 aromatic heterocycles. The molecule has 17 heavy (non-hydrogen) atoms. The van der Waals surface area contributed by atoms with Crippen LogP contribution in [0.4, 0.5) is 0 Å². The highest BCUT2D eigenvalue weighted by atomic mass is 16.4. The molecule has 2 atom stereocenters. The summed E-state index contributed by atoms with van der Waals surface area (Å²) in [4.78, 5) is 15.4. The van der Waals surface area contributed by atoms with Gasteiger partial charge in [-0.3, -0.25) is 9.69 Å². The Morgan fingerprint density at radius 3 is 2.18 bits per heavy atom. The van der Waals surface area contributed by atoms with E-state index in [2.05, 4.69) is 37.7 Å². The second-order valence-corrected chi connectivity index (χ2v) is 5.54. The van der Waals surface area contributed by atoms with Crippen molar-refractivity contribution in [2.24, 2.45) is 0 Å². The lowest BCUT2D eigenvalue weighted by molar-refractivity contribution is -0.140. The molecule has 1 aliphatic rings. The third-order valence-electron chi connectivity index (χ3n) is 3.76. The quantitative estimate of drug-likeness (QED) is 0.796. The van der Waals surface area contributed by atoms with Crippen LogP contribution in [0.25, 0.3) is 0 Å². The van der Waals surface area contributed by atoms with Crippen LogP contribution >= 0.6 is 0 Å². The summed E-state index contributed by atoms with van der Waals surface area (Å²) in [5.74, 6) is -0.721. The molecule has 4 nitrogen and oxygen atoms in total. The molecule has 0 aliphatic heterocycles. The summed E-state index contributed by atoms with van der Waals surface area (Å²) in [6.07, 6.45) is 4.78. The van der Waals surface area contributed by atoms with E-state index in [1.54, 1.807) is 0 Å². The van der Waals surface area contributed by atoms with Gasteiger partial charge in [-0.2, -0.15) is 0 Å². The Bertz CT molecular complexity index is 254. The lowest BCUT2D eigenvalue weighted by atomic mass is 9.87. The van der Waals surface area contributed by atoms with Crippen LogP contribution in [-0.2, 0) is 4.79 Å². The lowest BCUT2D eigenvalue weighted by Crippen LogP contribution is -2.54. The van der Waals surface area contributed by atoms with Gasteiger partial charge in [-0.15, -0.1) is 0 Å². The van der Waals surface area contributed by atoms with E-state index in [-0.39, 0.29) is 12.6 Å². The number of rotatable bonds is 5. The van der Waals surface area contributed by atoms with E-state index in [0.29, 0.717) is 12.1 Å². The summed E-state index contributed by atoms with van der Waals surface area (Å²) in [6, 6.07) is 1.16. The lowest BCUT2D eigenvalue weighted by Gasteiger charge is -2.44. The Hall–Kier alpha value is -0.610. The van der Waals surface area contributed by atoms with Crippen molar-refractivity contribution in [2.45, 2.75) is 57.7 Å². The van der Waals surface area contributed by atoms with Crippen molar-refractivity contribution in [2.75, 3.05) is 20.6 Å². The summed E-state index contributed by atoms with van der Waals surface area (Å²) >= 11 is 0. The standard InChI is InChI=1S/C13H26N2O2/c1-10(2)15(9-13(16)17)12-8-6-5-7-11(12)14(3)4/h10-12H,5-9H2,1-4H3,(H,16,17)/t11-,12-/m1/s1. The highest BCUT2D eigenvalue weighted by molar-refractivity contribution is 5.69. The summed E-state index contributed by atoms with van der Waals surface area (Å²) < 4.78 is 0. The smallest absolute Gasteiger partial charge is 0.317 e. The molecule has 1 aliphatic carbocycles. The van der Waals surface area contributed by atoms with Crippen LogP contribution in [0.5, 0.6) is 0 Å². The second kappa shape index (κ2) is 6.36. The molecule has 0 spiro atoms. The minimum absolute atomic E-state index is 0.159. The molecule has 1 rings (SSSR count). The van der Waals surface area contributed by atoms with Crippen LogP contribution in [0.3, 0.4) is 0 Å². The zero-order chi connectivity index (χ0) is 13.0. The predicted octanol–water partition coefficient (Wildman–Crippen LogP) is 1.65. The number of carbonyl (C=O) groups is 1. The molecule has 0 amide bonds. The number of likely N-dealkylation sites (N-methyl/N-ethyl adjacent to an activating group) is 1. The van der Waals surface area contributed by atoms with E-state index < -0.39 is 5.97 Å². The normalized spacial score (nSPS) is 25.8. The van der Waals surface area contributed by atoms with Crippen LogP contribution in [0.1, 0.15) is 39.5 Å². The van der Waals surface area contributed by atoms with Gasteiger partial charge in [-0.25, -0.2) is 0 Å². The van der Waals surface area contributed by atoms with E-state index in [1.807, 2.05) is 0 Å². The average molecular weight is 242 g/mol. The van der Waals surface area contributed by atoms with Crippen LogP contribution in [0.15, 0.2) is 0 Å². The van der Waals surface area contributed by atoms with Gasteiger partial charge in [0.25, 0.3) is 0 Å². The summed E-state index contributed by atoms with van der Waals surface area (Å²) in [6.45, 7) is 4.33. The van der Waals surface area contributed by atoms with Crippen molar-refractivity contribution < 1.29 is 9.90 Å². The Balaban J connectivity index is 2.78.